The Morgan fingerprint density at radius 1 is 0.412 bits per heavy atom. The molecule has 2 aromatic heterocycles. The maximum Gasteiger partial charge on any atom is 0.311 e. The van der Waals surface area contributed by atoms with Gasteiger partial charge in [0, 0.05) is 72.1 Å². The van der Waals surface area contributed by atoms with Gasteiger partial charge in [0.25, 0.3) is 5.91 Å². The molecule has 2 heterocycles. The molecule has 0 bridgehead atoms. The number of carbonyl (C=O) groups is 3. The van der Waals surface area contributed by atoms with Crippen LogP contribution < -0.4 is 29.6 Å². The Kier molecular flexibility index (Phi) is 36.7. The number of esters is 1. The van der Waals surface area contributed by atoms with E-state index in [1.165, 1.54) is 154 Å². The van der Waals surface area contributed by atoms with Crippen LogP contribution in [0.3, 0.4) is 0 Å². The van der Waals surface area contributed by atoms with Crippen molar-refractivity contribution in [3.05, 3.63) is 107 Å². The Balaban J connectivity index is 1.35. The van der Waals surface area contributed by atoms with Gasteiger partial charge in [0.2, 0.25) is 11.7 Å². The van der Waals surface area contributed by atoms with E-state index in [9.17, 15) is 14.4 Å². The van der Waals surface area contributed by atoms with Crippen LogP contribution in [0.15, 0.2) is 79.4 Å². The molecule has 0 saturated heterocycles. The molecule has 0 fully saturated rings. The molecule has 436 valence electrons. The van der Waals surface area contributed by atoms with Crippen LogP contribution in [0.4, 0.5) is 0 Å². The first kappa shape index (κ1) is 66.2. The van der Waals surface area contributed by atoms with E-state index in [0.717, 1.165) is 49.7 Å². The summed E-state index contributed by atoms with van der Waals surface area (Å²) in [5.41, 5.74) is 3.19. The minimum atomic E-state index is -0.575. The van der Waals surface area contributed by atoms with Crippen LogP contribution in [0.25, 0.3) is 0 Å². The third-order valence-electron chi connectivity index (χ3n) is 14.0. The molecular weight excluding hydrogens is 997 g/mol. The molecule has 0 saturated carbocycles. The largest absolute Gasteiger partial charge is 0.490 e. The lowest BCUT2D eigenvalue weighted by Gasteiger charge is -2.19. The quantitative estimate of drug-likeness (QED) is 0.0192. The van der Waals surface area contributed by atoms with Crippen molar-refractivity contribution in [2.24, 2.45) is 0 Å². The second-order valence-electron chi connectivity index (χ2n) is 21.2. The van der Waals surface area contributed by atoms with E-state index in [1.54, 1.807) is 49.1 Å². The smallest absolute Gasteiger partial charge is 0.311 e. The Morgan fingerprint density at radius 3 is 1.19 bits per heavy atom. The third-order valence-corrected chi connectivity index (χ3v) is 14.0. The van der Waals surface area contributed by atoms with Crippen molar-refractivity contribution in [1.29, 1.82) is 0 Å². The summed E-state index contributed by atoms with van der Waals surface area (Å²) in [6.45, 7) is 8.70. The fourth-order valence-corrected chi connectivity index (χ4v) is 9.30. The monoisotopic (exact) mass is 1090 g/mol. The van der Waals surface area contributed by atoms with Gasteiger partial charge < -0.3 is 29.6 Å². The van der Waals surface area contributed by atoms with Crippen LogP contribution in [0.2, 0.25) is 0 Å². The molecule has 11 nitrogen and oxygen atoms in total. The number of nitrogens with zero attached hydrogens (tertiary/aromatic N) is 2. The topological polar surface area (TPSA) is 138 Å². The highest BCUT2D eigenvalue weighted by molar-refractivity contribution is 5.95. The highest BCUT2D eigenvalue weighted by Crippen LogP contribution is 2.40. The molecule has 2 aromatic carbocycles. The van der Waals surface area contributed by atoms with E-state index in [-0.39, 0.29) is 43.5 Å². The van der Waals surface area contributed by atoms with Gasteiger partial charge in [-0.3, -0.25) is 24.4 Å². The summed E-state index contributed by atoms with van der Waals surface area (Å²) in [5.74, 6) is 13.1. The van der Waals surface area contributed by atoms with E-state index >= 15 is 0 Å². The molecule has 0 aliphatic rings. The van der Waals surface area contributed by atoms with Crippen molar-refractivity contribution in [2.45, 2.75) is 226 Å². The zero-order valence-corrected chi connectivity index (χ0v) is 49.4. The second kappa shape index (κ2) is 44.4. The number of ether oxygens (including phenoxy) is 4. The minimum absolute atomic E-state index is 0.0941. The maximum atomic E-state index is 13.9. The third kappa shape index (κ3) is 31.5. The van der Waals surface area contributed by atoms with E-state index in [0.29, 0.717) is 53.8 Å². The lowest BCUT2D eigenvalue weighted by Crippen LogP contribution is -2.35. The van der Waals surface area contributed by atoms with Gasteiger partial charge in [-0.05, 0) is 73.9 Å². The summed E-state index contributed by atoms with van der Waals surface area (Å²) in [6.07, 6.45) is 43.4. The molecule has 0 aliphatic heterocycles. The number of hydrogen-bond acceptors (Lipinski definition) is 9. The molecular formula is C69H98N4O7. The number of benzene rings is 2. The Morgan fingerprint density at radius 2 is 0.775 bits per heavy atom. The lowest BCUT2D eigenvalue weighted by atomic mass is 10.1. The number of unbranched alkanes of at least 4 members (excludes halogenated alkanes) is 27. The molecule has 2 amide bonds. The van der Waals surface area contributed by atoms with Gasteiger partial charge in [-0.1, -0.05) is 218 Å². The van der Waals surface area contributed by atoms with E-state index in [4.69, 9.17) is 18.9 Å². The number of amides is 2. The molecule has 4 aromatic rings. The van der Waals surface area contributed by atoms with Crippen LogP contribution in [0.5, 0.6) is 23.0 Å². The summed E-state index contributed by atoms with van der Waals surface area (Å²) in [5, 5.41) is 5.80. The summed E-state index contributed by atoms with van der Waals surface area (Å²) in [4.78, 5) is 48.1. The van der Waals surface area contributed by atoms with Crippen LogP contribution in [-0.2, 0) is 9.59 Å². The van der Waals surface area contributed by atoms with Gasteiger partial charge in [-0.2, -0.15) is 0 Å². The number of carbonyl (C=O) groups excluding carboxylic acids is 3. The molecule has 4 rings (SSSR count). The molecule has 0 spiro atoms. The summed E-state index contributed by atoms with van der Waals surface area (Å²) in [6, 6.07) is 16.0. The van der Waals surface area contributed by atoms with E-state index < -0.39 is 5.97 Å². The molecule has 0 aliphatic carbocycles. The first-order valence-electron chi connectivity index (χ1n) is 31.2. The first-order valence-corrected chi connectivity index (χ1v) is 31.2. The second-order valence-corrected chi connectivity index (χ2v) is 21.2. The van der Waals surface area contributed by atoms with Crippen LogP contribution in [0, 0.1) is 23.7 Å². The molecule has 0 radical (unpaired) electrons. The fourth-order valence-electron chi connectivity index (χ4n) is 9.30. The molecule has 0 unspecified atom stereocenters. The van der Waals surface area contributed by atoms with Crippen molar-refractivity contribution in [3.63, 3.8) is 0 Å². The molecule has 0 atom stereocenters. The summed E-state index contributed by atoms with van der Waals surface area (Å²) >= 11 is 0. The zero-order valence-electron chi connectivity index (χ0n) is 49.4. The minimum Gasteiger partial charge on any atom is -0.490 e. The number of aromatic nitrogens is 2. The average molecular weight is 1100 g/mol. The standard InChI is InChI=1S/C69H98N4O7/c1-4-7-10-13-16-19-22-25-28-31-50-77-64-56-62(57-65(78-51-32-29-26-23-20-17-14-11-8-5-2)68(64)79-52-33-30-27-24-21-18-15-12-9-6-3)69(76)73-49-48-72-66(74)38-39-67(75)80-63-54-60(36-34-58-40-44-70-45-41-58)53-61(55-63)37-35-59-42-46-71-47-43-59/h40-47,53-57H,4-33,38-39,48-52H2,1-3H3,(H,72,74)(H,73,76). The van der Waals surface area contributed by atoms with Crippen LogP contribution in [-0.4, -0.2) is 60.7 Å². The number of rotatable bonds is 44. The number of nitrogens with one attached hydrogen (secondary N) is 2. The zero-order chi connectivity index (χ0) is 56.8. The molecule has 11 heteroatoms. The first-order chi connectivity index (χ1) is 39.4. The Bertz CT molecular complexity index is 2300. The van der Waals surface area contributed by atoms with Crippen LogP contribution >= 0.6 is 0 Å². The molecule has 80 heavy (non-hydrogen) atoms. The normalized spacial score (nSPS) is 10.7. The lowest BCUT2D eigenvalue weighted by molar-refractivity contribution is -0.136. The van der Waals surface area contributed by atoms with Gasteiger partial charge in [0.05, 0.1) is 26.2 Å². The van der Waals surface area contributed by atoms with Crippen molar-refractivity contribution < 1.29 is 33.3 Å². The van der Waals surface area contributed by atoms with Gasteiger partial charge >= 0.3 is 5.97 Å². The van der Waals surface area contributed by atoms with Crippen molar-refractivity contribution in [1.82, 2.24) is 20.6 Å². The van der Waals surface area contributed by atoms with Crippen molar-refractivity contribution >= 4 is 17.8 Å². The predicted octanol–water partition coefficient (Wildman–Crippen LogP) is 16.4. The maximum absolute atomic E-state index is 13.9. The van der Waals surface area contributed by atoms with Crippen molar-refractivity contribution in [3.8, 4) is 46.7 Å². The number of pyridine rings is 2. The van der Waals surface area contributed by atoms with E-state index in [2.05, 4.69) is 65.1 Å². The van der Waals surface area contributed by atoms with Gasteiger partial charge in [0.1, 0.15) is 5.75 Å². The highest BCUT2D eigenvalue weighted by atomic mass is 16.5. The van der Waals surface area contributed by atoms with Gasteiger partial charge in [0.15, 0.2) is 11.5 Å². The highest BCUT2D eigenvalue weighted by Gasteiger charge is 2.20. The summed E-state index contributed by atoms with van der Waals surface area (Å²) < 4.78 is 25.3. The SMILES string of the molecule is CCCCCCCCCCCCOc1cc(C(=O)NCCNC(=O)CCC(=O)Oc2cc(C#Cc3ccncc3)cc(C#Cc3ccncc3)c2)cc(OCCCCCCCCCCCC)c1OCCCCCCCCCCCC. The Labute approximate surface area is 482 Å². The van der Waals surface area contributed by atoms with Gasteiger partial charge in [-0.25, -0.2) is 0 Å². The average Bonchev–Trinajstić information content (AvgIpc) is 3.47. The summed E-state index contributed by atoms with van der Waals surface area (Å²) in [7, 11) is 0. The number of hydrogen-bond donors (Lipinski definition) is 2. The molecule has 2 N–H and O–H groups in total. The Hall–Kier alpha value is -6.33. The van der Waals surface area contributed by atoms with Crippen molar-refractivity contribution in [2.75, 3.05) is 32.9 Å². The predicted molar refractivity (Wildman–Crippen MR) is 326 cm³/mol. The van der Waals surface area contributed by atoms with E-state index in [1.807, 2.05) is 30.3 Å². The fraction of sp³-hybridized carbons (Fsp3) is 0.580. The van der Waals surface area contributed by atoms with Gasteiger partial charge in [-0.15, -0.1) is 0 Å². The van der Waals surface area contributed by atoms with Crippen LogP contribution in [0.1, 0.15) is 259 Å².